The van der Waals surface area contributed by atoms with Gasteiger partial charge in [0.2, 0.25) is 0 Å². The summed E-state index contributed by atoms with van der Waals surface area (Å²) in [5, 5.41) is 3.21. The van der Waals surface area contributed by atoms with Crippen LogP contribution in [0, 0.1) is 0 Å². The fourth-order valence-corrected chi connectivity index (χ4v) is 2.46. The van der Waals surface area contributed by atoms with Crippen LogP contribution in [0.25, 0.3) is 0 Å². The number of carbonyl (C=O) groups is 2. The maximum Gasteiger partial charge on any atom is 0.339 e. The molecule has 0 aliphatic rings. The van der Waals surface area contributed by atoms with Crippen molar-refractivity contribution in [2.75, 3.05) is 18.2 Å². The first-order valence-electron chi connectivity index (χ1n) is 6.45. The van der Waals surface area contributed by atoms with Gasteiger partial charge in [0.05, 0.1) is 5.56 Å². The summed E-state index contributed by atoms with van der Waals surface area (Å²) in [6, 6.07) is 13.8. The van der Waals surface area contributed by atoms with Gasteiger partial charge < -0.3 is 10.1 Å². The quantitative estimate of drug-likeness (QED) is 0.666. The maximum absolute atomic E-state index is 12.0. The molecule has 0 radical (unpaired) electrons. The first-order chi connectivity index (χ1) is 10.6. The minimum atomic E-state index is -0.517. The van der Waals surface area contributed by atoms with E-state index in [1.54, 1.807) is 36.4 Å². The van der Waals surface area contributed by atoms with Gasteiger partial charge in [-0.2, -0.15) is 0 Å². The van der Waals surface area contributed by atoms with Crippen molar-refractivity contribution in [3.63, 3.8) is 0 Å². The van der Waals surface area contributed by atoms with E-state index in [2.05, 4.69) is 5.32 Å². The molecule has 0 saturated carbocycles. The van der Waals surface area contributed by atoms with E-state index in [0.717, 1.165) is 4.90 Å². The van der Waals surface area contributed by atoms with Crippen LogP contribution in [0.2, 0.25) is 5.02 Å². The van der Waals surface area contributed by atoms with Gasteiger partial charge in [0, 0.05) is 15.6 Å². The average molecular weight is 336 g/mol. The number of halogens is 1. The monoisotopic (exact) mass is 335 g/mol. The summed E-state index contributed by atoms with van der Waals surface area (Å²) >= 11 is 7.21. The molecule has 2 aromatic rings. The van der Waals surface area contributed by atoms with E-state index in [9.17, 15) is 9.59 Å². The van der Waals surface area contributed by atoms with Crippen LogP contribution in [0.15, 0.2) is 53.4 Å². The predicted octanol–water partition coefficient (Wildman–Crippen LogP) is 3.86. The topological polar surface area (TPSA) is 55.4 Å². The van der Waals surface area contributed by atoms with E-state index in [4.69, 9.17) is 16.3 Å². The van der Waals surface area contributed by atoms with Crippen LogP contribution in [-0.2, 0) is 9.53 Å². The Morgan fingerprint density at radius 3 is 2.50 bits per heavy atom. The number of rotatable bonds is 5. The number of esters is 1. The zero-order valence-corrected chi connectivity index (χ0v) is 13.4. The number of hydrogen-bond acceptors (Lipinski definition) is 4. The SMILES string of the molecule is CSc1ccccc1C(=O)OCC(=O)Nc1ccc(Cl)cc1. The van der Waals surface area contributed by atoms with Gasteiger partial charge in [0.15, 0.2) is 6.61 Å². The standard InChI is InChI=1S/C16H14ClNO3S/c1-22-14-5-3-2-4-13(14)16(20)21-10-15(19)18-12-8-6-11(17)7-9-12/h2-9H,10H2,1H3,(H,18,19). The van der Waals surface area contributed by atoms with Gasteiger partial charge in [-0.05, 0) is 42.7 Å². The van der Waals surface area contributed by atoms with Crippen LogP contribution >= 0.6 is 23.4 Å². The first kappa shape index (κ1) is 16.4. The van der Waals surface area contributed by atoms with E-state index < -0.39 is 11.9 Å². The molecule has 1 amide bonds. The van der Waals surface area contributed by atoms with Crippen LogP contribution in [-0.4, -0.2) is 24.7 Å². The zero-order chi connectivity index (χ0) is 15.9. The Morgan fingerprint density at radius 1 is 1.14 bits per heavy atom. The van der Waals surface area contributed by atoms with E-state index in [1.807, 2.05) is 18.4 Å². The number of anilines is 1. The van der Waals surface area contributed by atoms with Gasteiger partial charge in [0.25, 0.3) is 5.91 Å². The van der Waals surface area contributed by atoms with E-state index in [1.165, 1.54) is 11.8 Å². The summed E-state index contributed by atoms with van der Waals surface area (Å²) in [4.78, 5) is 24.6. The van der Waals surface area contributed by atoms with E-state index in [-0.39, 0.29) is 6.61 Å². The minimum Gasteiger partial charge on any atom is -0.452 e. The Morgan fingerprint density at radius 2 is 1.82 bits per heavy atom. The molecule has 2 aromatic carbocycles. The van der Waals surface area contributed by atoms with Gasteiger partial charge in [-0.3, -0.25) is 4.79 Å². The average Bonchev–Trinajstić information content (AvgIpc) is 2.54. The fraction of sp³-hybridized carbons (Fsp3) is 0.125. The summed E-state index contributed by atoms with van der Waals surface area (Å²) in [6.45, 7) is -0.343. The summed E-state index contributed by atoms with van der Waals surface area (Å²) < 4.78 is 5.04. The van der Waals surface area contributed by atoms with Crippen molar-refractivity contribution in [1.29, 1.82) is 0 Å². The van der Waals surface area contributed by atoms with Gasteiger partial charge >= 0.3 is 5.97 Å². The van der Waals surface area contributed by atoms with Crippen molar-refractivity contribution >= 4 is 40.9 Å². The number of ether oxygens (including phenoxy) is 1. The molecule has 0 bridgehead atoms. The number of thioether (sulfide) groups is 1. The lowest BCUT2D eigenvalue weighted by Gasteiger charge is -2.08. The Bertz CT molecular complexity index is 673. The highest BCUT2D eigenvalue weighted by Crippen LogP contribution is 2.20. The molecule has 0 atom stereocenters. The van der Waals surface area contributed by atoms with Gasteiger partial charge in [-0.25, -0.2) is 4.79 Å². The second kappa shape index (κ2) is 7.87. The Balaban J connectivity index is 1.90. The van der Waals surface area contributed by atoms with Crippen molar-refractivity contribution < 1.29 is 14.3 Å². The fourth-order valence-electron chi connectivity index (χ4n) is 1.75. The second-order valence-corrected chi connectivity index (χ2v) is 5.62. The van der Waals surface area contributed by atoms with Crippen molar-refractivity contribution in [3.05, 3.63) is 59.1 Å². The Labute approximate surface area is 137 Å². The van der Waals surface area contributed by atoms with E-state index in [0.29, 0.717) is 16.3 Å². The van der Waals surface area contributed by atoms with Crippen molar-refractivity contribution in [1.82, 2.24) is 0 Å². The molecule has 4 nitrogen and oxygen atoms in total. The molecule has 114 valence electrons. The molecule has 0 fully saturated rings. The van der Waals surface area contributed by atoms with Crippen molar-refractivity contribution in [2.45, 2.75) is 4.90 Å². The summed E-state index contributed by atoms with van der Waals surface area (Å²) in [7, 11) is 0. The zero-order valence-electron chi connectivity index (χ0n) is 11.8. The molecule has 0 aliphatic heterocycles. The largest absolute Gasteiger partial charge is 0.452 e. The second-order valence-electron chi connectivity index (χ2n) is 4.33. The normalized spacial score (nSPS) is 10.1. The maximum atomic E-state index is 12.0. The van der Waals surface area contributed by atoms with Crippen LogP contribution in [0.4, 0.5) is 5.69 Å². The molecule has 0 unspecified atom stereocenters. The van der Waals surface area contributed by atoms with Crippen LogP contribution in [0.3, 0.4) is 0 Å². The molecule has 6 heteroatoms. The Hall–Kier alpha value is -1.98. The highest BCUT2D eigenvalue weighted by atomic mass is 35.5. The lowest BCUT2D eigenvalue weighted by molar-refractivity contribution is -0.119. The smallest absolute Gasteiger partial charge is 0.339 e. The Kier molecular flexibility index (Phi) is 5.86. The number of carbonyl (C=O) groups excluding carboxylic acids is 2. The van der Waals surface area contributed by atoms with E-state index >= 15 is 0 Å². The molecule has 2 rings (SSSR count). The molecule has 0 aliphatic carbocycles. The van der Waals surface area contributed by atoms with Crippen molar-refractivity contribution in [3.8, 4) is 0 Å². The lowest BCUT2D eigenvalue weighted by atomic mass is 10.2. The third-order valence-electron chi connectivity index (χ3n) is 2.79. The third-order valence-corrected chi connectivity index (χ3v) is 3.84. The highest BCUT2D eigenvalue weighted by molar-refractivity contribution is 7.98. The first-order valence-corrected chi connectivity index (χ1v) is 8.06. The summed E-state index contributed by atoms with van der Waals surface area (Å²) in [5.41, 5.74) is 1.05. The molecule has 0 spiro atoms. The van der Waals surface area contributed by atoms with Crippen LogP contribution in [0.5, 0.6) is 0 Å². The van der Waals surface area contributed by atoms with Gasteiger partial charge in [0.1, 0.15) is 0 Å². The molecule has 0 saturated heterocycles. The van der Waals surface area contributed by atoms with Gasteiger partial charge in [-0.15, -0.1) is 11.8 Å². The molecule has 1 N–H and O–H groups in total. The third kappa shape index (κ3) is 4.51. The number of amides is 1. The lowest BCUT2D eigenvalue weighted by Crippen LogP contribution is -2.21. The summed E-state index contributed by atoms with van der Waals surface area (Å²) in [6.07, 6.45) is 1.87. The number of benzene rings is 2. The summed E-state index contributed by atoms with van der Waals surface area (Å²) in [5.74, 6) is -0.923. The van der Waals surface area contributed by atoms with Crippen LogP contribution in [0.1, 0.15) is 10.4 Å². The molecular weight excluding hydrogens is 322 g/mol. The van der Waals surface area contributed by atoms with Crippen LogP contribution < -0.4 is 5.32 Å². The molecule has 22 heavy (non-hydrogen) atoms. The highest BCUT2D eigenvalue weighted by Gasteiger charge is 2.13. The molecular formula is C16H14ClNO3S. The molecule has 0 aromatic heterocycles. The predicted molar refractivity (Wildman–Crippen MR) is 88.6 cm³/mol. The van der Waals surface area contributed by atoms with Crippen molar-refractivity contribution in [2.24, 2.45) is 0 Å². The molecule has 0 heterocycles. The number of nitrogens with one attached hydrogen (secondary N) is 1. The van der Waals surface area contributed by atoms with Gasteiger partial charge in [-0.1, -0.05) is 23.7 Å². The number of hydrogen-bond donors (Lipinski definition) is 1. The minimum absolute atomic E-state index is 0.343.